The van der Waals surface area contributed by atoms with Gasteiger partial charge in [0.15, 0.2) is 5.69 Å². The SMILES string of the molecule is CCOC(=O)c1coc(N2CC(C)SC(C)C2)n1. The summed E-state index contributed by atoms with van der Waals surface area (Å²) in [5.74, 6) is -0.431. The zero-order valence-electron chi connectivity index (χ0n) is 10.9. The number of oxazole rings is 1. The van der Waals surface area contributed by atoms with Crippen LogP contribution in [0, 0.1) is 0 Å². The van der Waals surface area contributed by atoms with Crippen LogP contribution in [0.3, 0.4) is 0 Å². The summed E-state index contributed by atoms with van der Waals surface area (Å²) in [6.07, 6.45) is 1.37. The molecule has 0 aliphatic carbocycles. The molecule has 0 radical (unpaired) electrons. The highest BCUT2D eigenvalue weighted by molar-refractivity contribution is 8.00. The number of rotatable bonds is 3. The summed E-state index contributed by atoms with van der Waals surface area (Å²) < 4.78 is 10.3. The number of hydrogen-bond donors (Lipinski definition) is 0. The van der Waals surface area contributed by atoms with Crippen LogP contribution in [0.4, 0.5) is 6.01 Å². The maximum Gasteiger partial charge on any atom is 0.360 e. The second kappa shape index (κ2) is 5.65. The van der Waals surface area contributed by atoms with Crippen molar-refractivity contribution in [3.8, 4) is 0 Å². The van der Waals surface area contributed by atoms with Gasteiger partial charge in [0.25, 0.3) is 6.01 Å². The van der Waals surface area contributed by atoms with Gasteiger partial charge in [-0.3, -0.25) is 0 Å². The van der Waals surface area contributed by atoms with Crippen molar-refractivity contribution in [3.63, 3.8) is 0 Å². The molecule has 0 N–H and O–H groups in total. The smallest absolute Gasteiger partial charge is 0.360 e. The Labute approximate surface area is 111 Å². The van der Waals surface area contributed by atoms with Crippen LogP contribution in [-0.4, -0.2) is 41.1 Å². The lowest BCUT2D eigenvalue weighted by molar-refractivity contribution is 0.0519. The number of anilines is 1. The zero-order valence-corrected chi connectivity index (χ0v) is 11.7. The first-order chi connectivity index (χ1) is 8.60. The van der Waals surface area contributed by atoms with Gasteiger partial charge >= 0.3 is 5.97 Å². The molecule has 6 heteroatoms. The fourth-order valence-corrected chi connectivity index (χ4v) is 3.37. The molecule has 0 aromatic carbocycles. The van der Waals surface area contributed by atoms with E-state index in [1.807, 2.05) is 11.8 Å². The summed E-state index contributed by atoms with van der Waals surface area (Å²) in [5, 5.41) is 1.07. The third kappa shape index (κ3) is 2.98. The summed E-state index contributed by atoms with van der Waals surface area (Å²) in [6.45, 7) is 8.25. The van der Waals surface area contributed by atoms with Gasteiger partial charge in [-0.05, 0) is 6.92 Å². The van der Waals surface area contributed by atoms with Gasteiger partial charge in [0.05, 0.1) is 6.61 Å². The second-order valence-electron chi connectivity index (χ2n) is 4.40. The fraction of sp³-hybridized carbons (Fsp3) is 0.667. The van der Waals surface area contributed by atoms with Crippen LogP contribution in [0.25, 0.3) is 0 Å². The number of carbonyl (C=O) groups excluding carboxylic acids is 1. The summed E-state index contributed by atoms with van der Waals surface area (Å²) in [4.78, 5) is 17.8. The maximum absolute atomic E-state index is 11.5. The minimum absolute atomic E-state index is 0.241. The van der Waals surface area contributed by atoms with Crippen LogP contribution in [0.15, 0.2) is 10.7 Å². The van der Waals surface area contributed by atoms with Crippen molar-refractivity contribution in [1.29, 1.82) is 0 Å². The van der Waals surface area contributed by atoms with Gasteiger partial charge in [-0.15, -0.1) is 0 Å². The number of nitrogens with zero attached hydrogens (tertiary/aromatic N) is 2. The van der Waals surface area contributed by atoms with E-state index in [1.54, 1.807) is 6.92 Å². The Morgan fingerprint density at radius 3 is 2.83 bits per heavy atom. The Balaban J connectivity index is 2.07. The monoisotopic (exact) mass is 270 g/mol. The molecule has 0 amide bonds. The van der Waals surface area contributed by atoms with E-state index in [1.165, 1.54) is 6.26 Å². The molecule has 1 aromatic heterocycles. The van der Waals surface area contributed by atoms with Crippen molar-refractivity contribution < 1.29 is 13.9 Å². The molecular weight excluding hydrogens is 252 g/mol. The molecule has 2 rings (SSSR count). The lowest BCUT2D eigenvalue weighted by Gasteiger charge is -2.33. The van der Waals surface area contributed by atoms with Gasteiger partial charge in [-0.25, -0.2) is 4.79 Å². The number of ether oxygens (including phenoxy) is 1. The van der Waals surface area contributed by atoms with Crippen molar-refractivity contribution in [2.45, 2.75) is 31.3 Å². The second-order valence-corrected chi connectivity index (χ2v) is 6.28. The maximum atomic E-state index is 11.5. The molecule has 1 saturated heterocycles. The zero-order chi connectivity index (χ0) is 13.1. The summed E-state index contributed by atoms with van der Waals surface area (Å²) in [7, 11) is 0. The number of esters is 1. The van der Waals surface area contributed by atoms with Gasteiger partial charge in [-0.1, -0.05) is 13.8 Å². The van der Waals surface area contributed by atoms with Crippen molar-refractivity contribution in [2.75, 3.05) is 24.6 Å². The Kier molecular flexibility index (Phi) is 4.16. The first-order valence-corrected chi connectivity index (χ1v) is 7.07. The Hall–Kier alpha value is -1.17. The van der Waals surface area contributed by atoms with E-state index in [0.717, 1.165) is 13.1 Å². The van der Waals surface area contributed by atoms with Crippen molar-refractivity contribution >= 4 is 23.7 Å². The van der Waals surface area contributed by atoms with Crippen molar-refractivity contribution in [2.24, 2.45) is 0 Å². The molecular formula is C12H18N2O3S. The van der Waals surface area contributed by atoms with Crippen LogP contribution in [0.2, 0.25) is 0 Å². The molecule has 0 spiro atoms. The van der Waals surface area contributed by atoms with Gasteiger partial charge in [0.1, 0.15) is 6.26 Å². The third-order valence-corrected chi connectivity index (χ3v) is 3.89. The average molecular weight is 270 g/mol. The Morgan fingerprint density at radius 1 is 1.56 bits per heavy atom. The quantitative estimate of drug-likeness (QED) is 0.785. The predicted octanol–water partition coefficient (Wildman–Crippen LogP) is 2.18. The summed E-state index contributed by atoms with van der Waals surface area (Å²) >= 11 is 1.96. The average Bonchev–Trinajstić information content (AvgIpc) is 2.77. The highest BCUT2D eigenvalue weighted by atomic mass is 32.2. The fourth-order valence-electron chi connectivity index (χ4n) is 2.04. The molecule has 1 aromatic rings. The normalized spacial score (nSPS) is 24.1. The molecule has 1 aliphatic heterocycles. The first kappa shape index (κ1) is 13.3. The number of thioether (sulfide) groups is 1. The number of carbonyl (C=O) groups is 1. The molecule has 0 bridgehead atoms. The lowest BCUT2D eigenvalue weighted by Crippen LogP contribution is -2.40. The van der Waals surface area contributed by atoms with Crippen molar-refractivity contribution in [3.05, 3.63) is 12.0 Å². The first-order valence-electron chi connectivity index (χ1n) is 6.13. The van der Waals surface area contributed by atoms with Crippen LogP contribution in [-0.2, 0) is 4.74 Å². The minimum atomic E-state index is -0.431. The van der Waals surface area contributed by atoms with E-state index in [-0.39, 0.29) is 5.69 Å². The molecule has 100 valence electrons. The summed E-state index contributed by atoms with van der Waals surface area (Å²) in [6, 6.07) is 0.511. The molecule has 18 heavy (non-hydrogen) atoms. The van der Waals surface area contributed by atoms with Gasteiger partial charge in [0.2, 0.25) is 0 Å². The van der Waals surface area contributed by atoms with E-state index < -0.39 is 5.97 Å². The van der Waals surface area contributed by atoms with E-state index in [0.29, 0.717) is 23.1 Å². The third-order valence-electron chi connectivity index (χ3n) is 2.67. The minimum Gasteiger partial charge on any atom is -0.461 e. The molecule has 5 nitrogen and oxygen atoms in total. The Bertz CT molecular complexity index is 411. The number of hydrogen-bond acceptors (Lipinski definition) is 6. The highest BCUT2D eigenvalue weighted by Gasteiger charge is 2.26. The van der Waals surface area contributed by atoms with E-state index in [2.05, 4.69) is 23.7 Å². The van der Waals surface area contributed by atoms with E-state index in [4.69, 9.17) is 9.15 Å². The van der Waals surface area contributed by atoms with E-state index in [9.17, 15) is 4.79 Å². The predicted molar refractivity (Wildman–Crippen MR) is 71.2 cm³/mol. The van der Waals surface area contributed by atoms with Crippen molar-refractivity contribution in [1.82, 2.24) is 4.98 Å². The molecule has 1 fully saturated rings. The molecule has 2 unspecified atom stereocenters. The van der Waals surface area contributed by atoms with Gasteiger partial charge in [-0.2, -0.15) is 16.7 Å². The van der Waals surface area contributed by atoms with Crippen LogP contribution in [0.1, 0.15) is 31.3 Å². The molecule has 1 aliphatic rings. The van der Waals surface area contributed by atoms with Crippen LogP contribution < -0.4 is 4.90 Å². The van der Waals surface area contributed by atoms with E-state index >= 15 is 0 Å². The number of aromatic nitrogens is 1. The van der Waals surface area contributed by atoms with Gasteiger partial charge < -0.3 is 14.1 Å². The molecule has 2 heterocycles. The molecule has 0 saturated carbocycles. The van der Waals surface area contributed by atoms with Crippen LogP contribution in [0.5, 0.6) is 0 Å². The largest absolute Gasteiger partial charge is 0.461 e. The summed E-state index contributed by atoms with van der Waals surface area (Å²) in [5.41, 5.74) is 0.241. The highest BCUT2D eigenvalue weighted by Crippen LogP contribution is 2.28. The Morgan fingerprint density at radius 2 is 2.22 bits per heavy atom. The standard InChI is InChI=1S/C12H18N2O3S/c1-4-16-11(15)10-7-17-12(13-10)14-5-8(2)18-9(3)6-14/h7-9H,4-6H2,1-3H3. The molecule has 2 atom stereocenters. The van der Waals surface area contributed by atoms with Gasteiger partial charge in [0, 0.05) is 23.6 Å². The lowest BCUT2D eigenvalue weighted by atomic mass is 10.3. The van der Waals surface area contributed by atoms with Crippen LogP contribution >= 0.6 is 11.8 Å². The topological polar surface area (TPSA) is 55.6 Å².